The van der Waals surface area contributed by atoms with E-state index in [2.05, 4.69) is 19.2 Å². The minimum absolute atomic E-state index is 0.0866. The van der Waals surface area contributed by atoms with Gasteiger partial charge in [0.1, 0.15) is 0 Å². The molecule has 100 valence electrons. The summed E-state index contributed by atoms with van der Waals surface area (Å²) in [5, 5.41) is 3.24. The Morgan fingerprint density at radius 2 is 2.00 bits per heavy atom. The Hall–Kier alpha value is -0.570. The summed E-state index contributed by atoms with van der Waals surface area (Å²) >= 11 is 0. The van der Waals surface area contributed by atoms with Gasteiger partial charge in [-0.15, -0.1) is 0 Å². The number of nitrogens with two attached hydrogens (primary N) is 1. The first-order valence-electron chi connectivity index (χ1n) is 7.19. The molecule has 1 fully saturated rings. The molecule has 0 heterocycles. The van der Waals surface area contributed by atoms with Crippen molar-refractivity contribution in [3.63, 3.8) is 0 Å². The first-order chi connectivity index (χ1) is 8.17. The average molecular weight is 240 g/mol. The largest absolute Gasteiger partial charge is 0.349 e. The van der Waals surface area contributed by atoms with Gasteiger partial charge in [0.05, 0.1) is 5.54 Å². The van der Waals surface area contributed by atoms with Gasteiger partial charge in [0.25, 0.3) is 0 Å². The van der Waals surface area contributed by atoms with Crippen molar-refractivity contribution in [2.75, 3.05) is 6.54 Å². The molecule has 0 aromatic carbocycles. The number of rotatable bonds is 7. The Morgan fingerprint density at radius 1 is 1.35 bits per heavy atom. The lowest BCUT2D eigenvalue weighted by Gasteiger charge is -2.30. The van der Waals surface area contributed by atoms with E-state index in [0.29, 0.717) is 6.54 Å². The number of amides is 1. The second kappa shape index (κ2) is 7.00. The molecule has 1 amide bonds. The third-order valence-corrected chi connectivity index (χ3v) is 4.11. The minimum Gasteiger partial charge on any atom is -0.349 e. The highest BCUT2D eigenvalue weighted by atomic mass is 16.2. The lowest BCUT2D eigenvalue weighted by Crippen LogP contribution is -2.53. The topological polar surface area (TPSA) is 55.1 Å². The van der Waals surface area contributed by atoms with Crippen molar-refractivity contribution in [2.45, 2.75) is 70.8 Å². The molecule has 1 atom stereocenters. The molecule has 0 spiro atoms. The molecule has 1 saturated carbocycles. The molecule has 1 rings (SSSR count). The van der Waals surface area contributed by atoms with Crippen molar-refractivity contribution in [1.29, 1.82) is 0 Å². The van der Waals surface area contributed by atoms with Gasteiger partial charge in [0, 0.05) is 12.5 Å². The molecule has 3 N–H and O–H groups in total. The predicted molar refractivity (Wildman–Crippen MR) is 71.7 cm³/mol. The fraction of sp³-hybridized carbons (Fsp3) is 0.929. The van der Waals surface area contributed by atoms with Gasteiger partial charge in [0.15, 0.2) is 0 Å². The van der Waals surface area contributed by atoms with E-state index in [9.17, 15) is 4.79 Å². The van der Waals surface area contributed by atoms with Crippen LogP contribution in [0.15, 0.2) is 0 Å². The smallest absolute Gasteiger partial charge is 0.223 e. The molecular formula is C14H28N2O. The van der Waals surface area contributed by atoms with Crippen LogP contribution in [0.4, 0.5) is 0 Å². The van der Waals surface area contributed by atoms with Crippen molar-refractivity contribution < 1.29 is 4.79 Å². The molecule has 3 nitrogen and oxygen atoms in total. The summed E-state index contributed by atoms with van der Waals surface area (Å²) in [6.07, 6.45) is 8.75. The van der Waals surface area contributed by atoms with Crippen molar-refractivity contribution in [3.8, 4) is 0 Å². The molecule has 0 bridgehead atoms. The van der Waals surface area contributed by atoms with E-state index in [0.717, 1.165) is 38.5 Å². The second-order valence-electron chi connectivity index (χ2n) is 5.43. The summed E-state index contributed by atoms with van der Waals surface area (Å²) in [5.41, 5.74) is 5.76. The van der Waals surface area contributed by atoms with Crippen LogP contribution in [0.25, 0.3) is 0 Å². The molecule has 3 heteroatoms. The van der Waals surface area contributed by atoms with Gasteiger partial charge in [-0.2, -0.15) is 0 Å². The standard InChI is InChI=1S/C14H28N2O/c1-3-5-8-12(4-2)13(17)16-14(11-15)9-6-7-10-14/h12H,3-11,15H2,1-2H3,(H,16,17). The van der Waals surface area contributed by atoms with Crippen LogP contribution in [-0.4, -0.2) is 18.0 Å². The Labute approximate surface area is 106 Å². The van der Waals surface area contributed by atoms with Gasteiger partial charge in [-0.25, -0.2) is 0 Å². The van der Waals surface area contributed by atoms with Crippen LogP contribution in [0.2, 0.25) is 0 Å². The maximum atomic E-state index is 12.2. The summed E-state index contributed by atoms with van der Waals surface area (Å²) in [7, 11) is 0. The monoisotopic (exact) mass is 240 g/mol. The number of carbonyl (C=O) groups excluding carboxylic acids is 1. The molecule has 1 aliphatic carbocycles. The number of carbonyl (C=O) groups is 1. The number of hydrogen-bond donors (Lipinski definition) is 2. The van der Waals surface area contributed by atoms with E-state index < -0.39 is 0 Å². The summed E-state index contributed by atoms with van der Waals surface area (Å²) in [4.78, 5) is 12.2. The minimum atomic E-state index is -0.0866. The van der Waals surface area contributed by atoms with Crippen LogP contribution in [0.3, 0.4) is 0 Å². The van der Waals surface area contributed by atoms with Crippen molar-refractivity contribution >= 4 is 5.91 Å². The molecular weight excluding hydrogens is 212 g/mol. The molecule has 1 aliphatic rings. The van der Waals surface area contributed by atoms with Crippen molar-refractivity contribution in [1.82, 2.24) is 5.32 Å². The predicted octanol–water partition coefficient (Wildman–Crippen LogP) is 2.59. The van der Waals surface area contributed by atoms with E-state index in [1.807, 2.05) is 0 Å². The Bertz CT molecular complexity index is 234. The summed E-state index contributed by atoms with van der Waals surface area (Å²) < 4.78 is 0. The second-order valence-corrected chi connectivity index (χ2v) is 5.43. The third kappa shape index (κ3) is 3.98. The lowest BCUT2D eigenvalue weighted by atomic mass is 9.93. The highest BCUT2D eigenvalue weighted by Crippen LogP contribution is 2.29. The summed E-state index contributed by atoms with van der Waals surface area (Å²) in [6, 6.07) is 0. The fourth-order valence-corrected chi connectivity index (χ4v) is 2.77. The van der Waals surface area contributed by atoms with Crippen LogP contribution in [0.5, 0.6) is 0 Å². The van der Waals surface area contributed by atoms with Gasteiger partial charge >= 0.3 is 0 Å². The van der Waals surface area contributed by atoms with Crippen LogP contribution in [0.1, 0.15) is 65.2 Å². The van der Waals surface area contributed by atoms with E-state index in [1.165, 1.54) is 12.8 Å². The normalized spacial score (nSPS) is 20.2. The Morgan fingerprint density at radius 3 is 2.47 bits per heavy atom. The Kier molecular flexibility index (Phi) is 5.96. The summed E-state index contributed by atoms with van der Waals surface area (Å²) in [5.74, 6) is 0.410. The van der Waals surface area contributed by atoms with Crippen LogP contribution in [0, 0.1) is 5.92 Å². The molecule has 0 radical (unpaired) electrons. The molecule has 0 aromatic heterocycles. The van der Waals surface area contributed by atoms with E-state index in [1.54, 1.807) is 0 Å². The lowest BCUT2D eigenvalue weighted by molar-refractivity contribution is -0.127. The SMILES string of the molecule is CCCCC(CC)C(=O)NC1(CN)CCCC1. The number of hydrogen-bond acceptors (Lipinski definition) is 2. The zero-order valence-electron chi connectivity index (χ0n) is 11.4. The van der Waals surface area contributed by atoms with E-state index >= 15 is 0 Å². The van der Waals surface area contributed by atoms with Gasteiger partial charge in [-0.3, -0.25) is 4.79 Å². The molecule has 0 saturated heterocycles. The van der Waals surface area contributed by atoms with Gasteiger partial charge in [0.2, 0.25) is 5.91 Å². The maximum absolute atomic E-state index is 12.2. The maximum Gasteiger partial charge on any atom is 0.223 e. The fourth-order valence-electron chi connectivity index (χ4n) is 2.77. The Balaban J connectivity index is 2.50. The van der Waals surface area contributed by atoms with Crippen molar-refractivity contribution in [3.05, 3.63) is 0 Å². The highest BCUT2D eigenvalue weighted by molar-refractivity contribution is 5.79. The zero-order valence-corrected chi connectivity index (χ0v) is 11.4. The van der Waals surface area contributed by atoms with Crippen LogP contribution >= 0.6 is 0 Å². The molecule has 0 aromatic rings. The summed E-state index contributed by atoms with van der Waals surface area (Å²) in [6.45, 7) is 4.86. The first kappa shape index (κ1) is 14.5. The van der Waals surface area contributed by atoms with Gasteiger partial charge in [-0.05, 0) is 25.7 Å². The van der Waals surface area contributed by atoms with E-state index in [-0.39, 0.29) is 17.4 Å². The third-order valence-electron chi connectivity index (χ3n) is 4.11. The van der Waals surface area contributed by atoms with Crippen molar-refractivity contribution in [2.24, 2.45) is 11.7 Å². The molecule has 1 unspecified atom stereocenters. The number of unbranched alkanes of at least 4 members (excludes halogenated alkanes) is 1. The highest BCUT2D eigenvalue weighted by Gasteiger charge is 2.35. The first-order valence-corrected chi connectivity index (χ1v) is 7.19. The molecule has 0 aliphatic heterocycles. The molecule has 17 heavy (non-hydrogen) atoms. The number of nitrogens with one attached hydrogen (secondary N) is 1. The van der Waals surface area contributed by atoms with Crippen LogP contribution in [-0.2, 0) is 4.79 Å². The van der Waals surface area contributed by atoms with Gasteiger partial charge < -0.3 is 11.1 Å². The average Bonchev–Trinajstić information content (AvgIpc) is 2.79. The van der Waals surface area contributed by atoms with Crippen LogP contribution < -0.4 is 11.1 Å². The quantitative estimate of drug-likeness (QED) is 0.718. The zero-order chi connectivity index (χ0) is 12.7. The van der Waals surface area contributed by atoms with Gasteiger partial charge in [-0.1, -0.05) is 39.5 Å². The van der Waals surface area contributed by atoms with E-state index in [4.69, 9.17) is 5.73 Å².